The van der Waals surface area contributed by atoms with Gasteiger partial charge in [-0.1, -0.05) is 71.8 Å². The molecule has 0 aliphatic carbocycles. The van der Waals surface area contributed by atoms with Crippen molar-refractivity contribution in [3.63, 3.8) is 0 Å². The van der Waals surface area contributed by atoms with Crippen molar-refractivity contribution in [3.8, 4) is 0 Å². The van der Waals surface area contributed by atoms with Crippen LogP contribution in [0.4, 0.5) is 0 Å². The normalized spacial score (nSPS) is 11.5. The maximum atomic E-state index is 12.9. The third-order valence-corrected chi connectivity index (χ3v) is 12.2. The van der Waals surface area contributed by atoms with Crippen LogP contribution in [-0.4, -0.2) is 24.9 Å². The van der Waals surface area contributed by atoms with Gasteiger partial charge in [-0.3, -0.25) is 24.0 Å². The number of pyridine rings is 5. The zero-order valence-electron chi connectivity index (χ0n) is 34.4. The average Bonchev–Trinajstić information content (AvgIpc) is 3.32. The number of fused-ring (bicyclic) bond motifs is 10. The van der Waals surface area contributed by atoms with Crippen LogP contribution in [0.15, 0.2) is 182 Å². The molecule has 0 bridgehead atoms. The third kappa shape index (κ3) is 6.71. The van der Waals surface area contributed by atoms with Crippen molar-refractivity contribution in [3.05, 3.63) is 219 Å². The van der Waals surface area contributed by atoms with Crippen molar-refractivity contribution < 1.29 is 0 Å². The number of hydrogen-bond acceptors (Lipinski definition) is 5. The Morgan fingerprint density at radius 2 is 0.538 bits per heavy atom. The predicted octanol–water partition coefficient (Wildman–Crippen LogP) is 11.0. The number of H-pyrrole nitrogens is 5. The van der Waals surface area contributed by atoms with Crippen LogP contribution in [0.2, 0.25) is 5.02 Å². The van der Waals surface area contributed by atoms with Crippen molar-refractivity contribution >= 4 is 121 Å². The van der Waals surface area contributed by atoms with Gasteiger partial charge in [0.15, 0.2) is 27.1 Å². The lowest BCUT2D eigenvalue weighted by atomic mass is 10.0. The van der Waals surface area contributed by atoms with E-state index in [4.69, 9.17) is 11.6 Å². The van der Waals surface area contributed by atoms with E-state index >= 15 is 0 Å². The van der Waals surface area contributed by atoms with E-state index in [0.29, 0.717) is 75.7 Å². The Morgan fingerprint density at radius 3 is 0.923 bits per heavy atom. The first-order valence-electron chi connectivity index (χ1n) is 20.8. The first-order valence-corrected chi connectivity index (χ1v) is 21.2. The summed E-state index contributed by atoms with van der Waals surface area (Å²) in [5.41, 5.74) is 8.30. The van der Waals surface area contributed by atoms with E-state index in [1.165, 1.54) is 0 Å². The van der Waals surface area contributed by atoms with Crippen LogP contribution in [-0.2, 0) is 0 Å². The largest absolute Gasteiger partial charge is 0.354 e. The minimum absolute atomic E-state index is 0.0322. The fraction of sp³-hybridized carbons (Fsp3) is 0.0185. The first-order chi connectivity index (χ1) is 31.6. The van der Waals surface area contributed by atoms with Gasteiger partial charge < -0.3 is 24.9 Å². The molecule has 0 radical (unpaired) electrons. The molecule has 312 valence electrons. The molecule has 0 atom stereocenters. The van der Waals surface area contributed by atoms with Gasteiger partial charge in [0.2, 0.25) is 0 Å². The summed E-state index contributed by atoms with van der Waals surface area (Å²) in [5.74, 6) is 0. The summed E-state index contributed by atoms with van der Waals surface area (Å²) < 4.78 is 0. The summed E-state index contributed by atoms with van der Waals surface area (Å²) in [6.45, 7) is 1.96. The summed E-state index contributed by atoms with van der Waals surface area (Å²) >= 11 is 6.04. The maximum absolute atomic E-state index is 12.9. The van der Waals surface area contributed by atoms with Crippen LogP contribution in [0.1, 0.15) is 5.56 Å². The second-order valence-electron chi connectivity index (χ2n) is 16.1. The molecule has 13 rings (SSSR count). The van der Waals surface area contributed by atoms with E-state index in [9.17, 15) is 24.0 Å². The van der Waals surface area contributed by atoms with E-state index in [1.54, 1.807) is 54.6 Å². The van der Waals surface area contributed by atoms with Gasteiger partial charge in [0, 0.05) is 92.0 Å². The molecule has 10 nitrogen and oxygen atoms in total. The van der Waals surface area contributed by atoms with Crippen molar-refractivity contribution in [1.29, 1.82) is 0 Å². The molecule has 5 heterocycles. The van der Waals surface area contributed by atoms with E-state index in [2.05, 4.69) is 24.9 Å². The van der Waals surface area contributed by atoms with Crippen LogP contribution in [0.25, 0.3) is 109 Å². The molecule has 13 aromatic rings. The lowest BCUT2D eigenvalue weighted by molar-refractivity contribution is 1.43. The Labute approximate surface area is 370 Å². The molecule has 0 aliphatic heterocycles. The third-order valence-electron chi connectivity index (χ3n) is 12.0. The highest BCUT2D eigenvalue weighted by Crippen LogP contribution is 2.25. The summed E-state index contributed by atoms with van der Waals surface area (Å²) in [4.78, 5) is 79.8. The monoisotopic (exact) mass is 867 g/mol. The topological polar surface area (TPSA) is 164 Å². The van der Waals surface area contributed by atoms with Gasteiger partial charge >= 0.3 is 0 Å². The maximum Gasteiger partial charge on any atom is 0.197 e. The Hall–Kier alpha value is -8.60. The van der Waals surface area contributed by atoms with Gasteiger partial charge in [0.1, 0.15) is 0 Å². The number of aromatic amines is 5. The van der Waals surface area contributed by atoms with Crippen LogP contribution >= 0.6 is 11.6 Å². The van der Waals surface area contributed by atoms with Gasteiger partial charge in [-0.15, -0.1) is 0 Å². The molecule has 5 aromatic heterocycles. The van der Waals surface area contributed by atoms with Crippen molar-refractivity contribution in [2.75, 3.05) is 0 Å². The predicted molar refractivity (Wildman–Crippen MR) is 267 cm³/mol. The Morgan fingerprint density at radius 1 is 0.277 bits per heavy atom. The van der Waals surface area contributed by atoms with Crippen LogP contribution in [0, 0.1) is 6.92 Å². The Bertz CT molecular complexity index is 4190. The molecule has 0 saturated carbocycles. The molecule has 11 heteroatoms. The number of aryl methyl sites for hydroxylation is 1. The van der Waals surface area contributed by atoms with E-state index in [1.807, 2.05) is 110 Å². The molecule has 65 heavy (non-hydrogen) atoms. The molecule has 0 amide bonds. The van der Waals surface area contributed by atoms with E-state index in [0.717, 1.165) is 43.9 Å². The zero-order valence-corrected chi connectivity index (χ0v) is 35.2. The van der Waals surface area contributed by atoms with E-state index < -0.39 is 0 Å². The zero-order chi connectivity index (χ0) is 44.5. The number of hydrogen-bond donors (Lipinski definition) is 5. The number of para-hydroxylation sites is 4. The lowest BCUT2D eigenvalue weighted by Crippen LogP contribution is -2.08. The fourth-order valence-corrected chi connectivity index (χ4v) is 8.92. The molecule has 8 aromatic carbocycles. The van der Waals surface area contributed by atoms with Gasteiger partial charge in [-0.05, 0) is 110 Å². The highest BCUT2D eigenvalue weighted by molar-refractivity contribution is 6.31. The second-order valence-corrected chi connectivity index (χ2v) is 16.5. The highest BCUT2D eigenvalue weighted by Gasteiger charge is 2.13. The number of nitrogens with one attached hydrogen (secondary N) is 5. The quantitative estimate of drug-likeness (QED) is 0.0956. The average molecular weight is 868 g/mol. The molecule has 0 aliphatic rings. The summed E-state index contributed by atoms with van der Waals surface area (Å²) in [5, 5.41) is 6.70. The van der Waals surface area contributed by atoms with Crippen LogP contribution in [0.3, 0.4) is 0 Å². The summed E-state index contributed by atoms with van der Waals surface area (Å²) in [7, 11) is 0. The molecule has 0 spiro atoms. The van der Waals surface area contributed by atoms with Gasteiger partial charge in [-0.2, -0.15) is 0 Å². The van der Waals surface area contributed by atoms with E-state index in [-0.39, 0.29) is 27.1 Å². The smallest absolute Gasteiger partial charge is 0.197 e. The number of benzene rings is 8. The SMILES string of the molecule is Cc1ccc2[nH]c3cc4c(=O)c5cc(Cl)ccc5[nH]c4cc3c(=O)c2c1.O=c1c2ccccc2[nH]c2cc3c(=O)c4ccccc4[nH]c3cc12.O=c1c2ccccc2[nH]c2ccccc12. The molecular weight excluding hydrogens is 834 g/mol. The fourth-order valence-electron chi connectivity index (χ4n) is 8.74. The number of halogens is 1. The van der Waals surface area contributed by atoms with Crippen molar-refractivity contribution in [2.45, 2.75) is 6.92 Å². The van der Waals surface area contributed by atoms with Gasteiger partial charge in [0.25, 0.3) is 0 Å². The Balaban J connectivity index is 0.000000112. The summed E-state index contributed by atoms with van der Waals surface area (Å²) in [6.07, 6.45) is 0. The minimum atomic E-state index is -0.108. The van der Waals surface area contributed by atoms with Crippen LogP contribution < -0.4 is 27.1 Å². The standard InChI is InChI=1S/C21H13ClN2O2.C20H12N2O2.C13H9NO/c1-10-2-4-16-12(6-10)20(25)14-8-19-15(9-18(14)23-16)21(26)13-7-11(22)3-5-17(13)24-19;23-19-11-5-1-3-7-15(11)21-17-10-14-18(9-13(17)19)22-16-8-4-2-6-12(16)20(14)24;15-13-9-5-1-3-7-11(9)14-12-8-4-2-6-10(12)13/h2-9H,1H3,(H,23,25)(H,24,26);1-10H,(H,21,23)(H,22,24);1-8H,(H,14,15). The Kier molecular flexibility index (Phi) is 9.26. The van der Waals surface area contributed by atoms with Gasteiger partial charge in [0.05, 0.1) is 22.1 Å². The molecule has 5 N–H and O–H groups in total. The van der Waals surface area contributed by atoms with Gasteiger partial charge in [-0.25, -0.2) is 0 Å². The van der Waals surface area contributed by atoms with Crippen molar-refractivity contribution in [2.24, 2.45) is 0 Å². The number of aromatic nitrogens is 5. The van der Waals surface area contributed by atoms with Crippen LogP contribution in [0.5, 0.6) is 0 Å². The minimum Gasteiger partial charge on any atom is -0.354 e. The number of rotatable bonds is 0. The first kappa shape index (κ1) is 39.3. The highest BCUT2D eigenvalue weighted by atomic mass is 35.5. The molecule has 0 unspecified atom stereocenters. The van der Waals surface area contributed by atoms with Crippen molar-refractivity contribution in [1.82, 2.24) is 24.9 Å². The molecular formula is C54H34ClN5O5. The second kappa shape index (κ2) is 15.3. The molecule has 0 fully saturated rings. The molecule has 0 saturated heterocycles. The lowest BCUT2D eigenvalue weighted by Gasteiger charge is -2.07. The summed E-state index contributed by atoms with van der Waals surface area (Å²) in [6, 6.07) is 47.9.